The van der Waals surface area contributed by atoms with E-state index in [4.69, 9.17) is 15.3 Å². The Morgan fingerprint density at radius 1 is 1.62 bits per heavy atom. The largest absolute Gasteiger partial charge is 0.385 e. The Balaban J connectivity index is 2.23. The van der Waals surface area contributed by atoms with Gasteiger partial charge in [-0.1, -0.05) is 0 Å². The van der Waals surface area contributed by atoms with E-state index in [9.17, 15) is 0 Å². The van der Waals surface area contributed by atoms with Crippen molar-refractivity contribution in [2.75, 3.05) is 33.5 Å². The number of hydrogen-bond donors (Lipinski definition) is 3. The molecule has 1 rings (SSSR count). The van der Waals surface area contributed by atoms with E-state index in [1.807, 2.05) is 0 Å². The van der Waals surface area contributed by atoms with Crippen molar-refractivity contribution >= 4 is 5.96 Å². The maximum atomic E-state index is 5.39. The smallest absolute Gasteiger partial charge is 0.206 e. The van der Waals surface area contributed by atoms with Gasteiger partial charge in [-0.2, -0.15) is 0 Å². The molecule has 0 aromatic carbocycles. The average molecular weight is 230 g/mol. The van der Waals surface area contributed by atoms with Crippen LogP contribution < -0.4 is 16.6 Å². The molecule has 0 aromatic rings. The zero-order chi connectivity index (χ0) is 11.6. The first-order valence-corrected chi connectivity index (χ1v) is 5.71. The van der Waals surface area contributed by atoms with Gasteiger partial charge >= 0.3 is 0 Å². The van der Waals surface area contributed by atoms with Crippen LogP contribution in [0.2, 0.25) is 0 Å². The van der Waals surface area contributed by atoms with Crippen molar-refractivity contribution in [1.29, 1.82) is 0 Å². The molecule has 1 fully saturated rings. The van der Waals surface area contributed by atoms with Crippen LogP contribution in [-0.2, 0) is 9.47 Å². The molecule has 1 aliphatic heterocycles. The second kappa shape index (κ2) is 8.32. The Hall–Kier alpha value is -0.850. The van der Waals surface area contributed by atoms with Crippen LogP contribution in [0.5, 0.6) is 0 Å². The van der Waals surface area contributed by atoms with Crippen LogP contribution in [-0.4, -0.2) is 45.5 Å². The molecule has 0 amide bonds. The number of nitrogens with one attached hydrogen (secondary N) is 2. The molecule has 0 aromatic heterocycles. The van der Waals surface area contributed by atoms with E-state index >= 15 is 0 Å². The third-order valence-electron chi connectivity index (χ3n) is 2.41. The van der Waals surface area contributed by atoms with E-state index in [-0.39, 0.29) is 0 Å². The number of nitrogens with two attached hydrogens (primary N) is 1. The Morgan fingerprint density at radius 2 is 2.50 bits per heavy atom. The van der Waals surface area contributed by atoms with Crippen molar-refractivity contribution in [3.05, 3.63) is 0 Å². The van der Waals surface area contributed by atoms with Crippen LogP contribution in [0, 0.1) is 0 Å². The van der Waals surface area contributed by atoms with Crippen LogP contribution in [0.3, 0.4) is 0 Å². The van der Waals surface area contributed by atoms with Gasteiger partial charge in [-0.3, -0.25) is 10.4 Å². The van der Waals surface area contributed by atoms with E-state index in [0.717, 1.165) is 32.5 Å². The molecule has 0 spiro atoms. The van der Waals surface area contributed by atoms with Gasteiger partial charge in [0.05, 0.1) is 12.6 Å². The lowest BCUT2D eigenvalue weighted by atomic mass is 10.1. The Morgan fingerprint density at radius 3 is 3.12 bits per heavy atom. The maximum Gasteiger partial charge on any atom is 0.206 e. The number of guanidine groups is 1. The average Bonchev–Trinajstić information content (AvgIpc) is 2.34. The molecule has 1 aliphatic rings. The van der Waals surface area contributed by atoms with Gasteiger partial charge in [0.2, 0.25) is 5.96 Å². The molecular weight excluding hydrogens is 208 g/mol. The number of hydrogen-bond acceptors (Lipinski definition) is 4. The first-order chi connectivity index (χ1) is 7.86. The molecule has 1 heterocycles. The molecule has 0 bridgehead atoms. The topological polar surface area (TPSA) is 80.9 Å². The summed E-state index contributed by atoms with van der Waals surface area (Å²) in [6, 6.07) is 0.311. The predicted octanol–water partition coefficient (Wildman–Crippen LogP) is -0.389. The molecule has 1 saturated heterocycles. The first-order valence-electron chi connectivity index (χ1n) is 5.71. The third-order valence-corrected chi connectivity index (χ3v) is 2.41. The van der Waals surface area contributed by atoms with Gasteiger partial charge in [0.1, 0.15) is 0 Å². The second-order valence-corrected chi connectivity index (χ2v) is 3.78. The second-order valence-electron chi connectivity index (χ2n) is 3.78. The van der Waals surface area contributed by atoms with Crippen LogP contribution >= 0.6 is 0 Å². The van der Waals surface area contributed by atoms with Crippen LogP contribution in [0.15, 0.2) is 4.99 Å². The van der Waals surface area contributed by atoms with E-state index in [0.29, 0.717) is 25.2 Å². The summed E-state index contributed by atoms with van der Waals surface area (Å²) in [6.07, 6.45) is 3.07. The number of rotatable bonds is 5. The lowest BCUT2D eigenvalue weighted by molar-refractivity contribution is 0.0761. The first kappa shape index (κ1) is 13.2. The highest BCUT2D eigenvalue weighted by atomic mass is 16.5. The summed E-state index contributed by atoms with van der Waals surface area (Å²) in [5.74, 6) is 6.02. The van der Waals surface area contributed by atoms with Crippen molar-refractivity contribution in [3.63, 3.8) is 0 Å². The van der Waals surface area contributed by atoms with Crippen LogP contribution in [0.4, 0.5) is 0 Å². The van der Waals surface area contributed by atoms with E-state index in [2.05, 4.69) is 15.7 Å². The van der Waals surface area contributed by atoms with Gasteiger partial charge in [0.25, 0.3) is 0 Å². The number of ether oxygens (including phenoxy) is 2. The van der Waals surface area contributed by atoms with Crippen molar-refractivity contribution in [3.8, 4) is 0 Å². The van der Waals surface area contributed by atoms with Gasteiger partial charge in [0.15, 0.2) is 0 Å². The van der Waals surface area contributed by atoms with Crippen molar-refractivity contribution in [1.82, 2.24) is 10.7 Å². The molecular formula is C10H22N4O2. The van der Waals surface area contributed by atoms with Gasteiger partial charge in [0, 0.05) is 26.9 Å². The summed E-state index contributed by atoms with van der Waals surface area (Å²) in [5.41, 5.74) is 2.57. The minimum Gasteiger partial charge on any atom is -0.385 e. The minimum absolute atomic E-state index is 0.311. The predicted molar refractivity (Wildman–Crippen MR) is 63.1 cm³/mol. The highest BCUT2D eigenvalue weighted by molar-refractivity contribution is 5.79. The summed E-state index contributed by atoms with van der Waals surface area (Å²) >= 11 is 0. The Kier molecular flexibility index (Phi) is 6.87. The summed E-state index contributed by atoms with van der Waals surface area (Å²) in [6.45, 7) is 3.00. The lowest BCUT2D eigenvalue weighted by Crippen LogP contribution is -2.49. The molecule has 6 heteroatoms. The van der Waals surface area contributed by atoms with Gasteiger partial charge in [-0.15, -0.1) is 0 Å². The summed E-state index contributed by atoms with van der Waals surface area (Å²) in [7, 11) is 1.68. The van der Waals surface area contributed by atoms with Crippen LogP contribution in [0.1, 0.15) is 19.3 Å². The third kappa shape index (κ3) is 5.29. The van der Waals surface area contributed by atoms with Crippen molar-refractivity contribution in [2.24, 2.45) is 10.8 Å². The molecule has 0 saturated carbocycles. The molecule has 0 radical (unpaired) electrons. The highest BCUT2D eigenvalue weighted by Gasteiger charge is 2.14. The van der Waals surface area contributed by atoms with Crippen molar-refractivity contribution in [2.45, 2.75) is 25.3 Å². The summed E-state index contributed by atoms with van der Waals surface area (Å²) in [4.78, 5) is 4.31. The van der Waals surface area contributed by atoms with Gasteiger partial charge in [-0.25, -0.2) is 5.84 Å². The van der Waals surface area contributed by atoms with Crippen molar-refractivity contribution < 1.29 is 9.47 Å². The fourth-order valence-corrected chi connectivity index (χ4v) is 1.58. The zero-order valence-electron chi connectivity index (χ0n) is 9.87. The lowest BCUT2D eigenvalue weighted by Gasteiger charge is -2.24. The van der Waals surface area contributed by atoms with Gasteiger partial charge < -0.3 is 14.8 Å². The van der Waals surface area contributed by atoms with Gasteiger partial charge in [-0.05, 0) is 19.3 Å². The minimum atomic E-state index is 0.311. The normalized spacial score (nSPS) is 21.9. The number of aliphatic imine (C=N–C) groups is 1. The molecule has 1 atom stereocenters. The SMILES string of the molecule is COCCCN=C(NN)NC1CCCOC1. The maximum absolute atomic E-state index is 5.39. The van der Waals surface area contributed by atoms with Crippen LogP contribution in [0.25, 0.3) is 0 Å². The molecule has 4 N–H and O–H groups in total. The standard InChI is InChI=1S/C10H22N4O2/c1-15-6-3-5-12-10(14-11)13-9-4-2-7-16-8-9/h9H,2-8,11H2,1H3,(H2,12,13,14). The summed E-state index contributed by atoms with van der Waals surface area (Å²) in [5, 5.41) is 3.23. The molecule has 0 aliphatic carbocycles. The molecule has 6 nitrogen and oxygen atoms in total. The quantitative estimate of drug-likeness (QED) is 0.197. The van der Waals surface area contributed by atoms with E-state index in [1.165, 1.54) is 0 Å². The summed E-state index contributed by atoms with van der Waals surface area (Å²) < 4.78 is 10.3. The molecule has 94 valence electrons. The fraction of sp³-hybridized carbons (Fsp3) is 0.900. The fourth-order valence-electron chi connectivity index (χ4n) is 1.58. The number of methoxy groups -OCH3 is 1. The van der Waals surface area contributed by atoms with E-state index < -0.39 is 0 Å². The number of hydrazine groups is 1. The zero-order valence-corrected chi connectivity index (χ0v) is 9.87. The molecule has 1 unspecified atom stereocenters. The molecule has 16 heavy (non-hydrogen) atoms. The Bertz CT molecular complexity index is 205. The Labute approximate surface area is 96.6 Å². The monoisotopic (exact) mass is 230 g/mol. The van der Waals surface area contributed by atoms with E-state index in [1.54, 1.807) is 7.11 Å². The number of nitrogens with zero attached hydrogens (tertiary/aromatic N) is 1. The highest BCUT2D eigenvalue weighted by Crippen LogP contribution is 2.05.